The fraction of sp³-hybridized carbons (Fsp3) is 0.500. The van der Waals surface area contributed by atoms with Crippen LogP contribution in [0.3, 0.4) is 0 Å². The van der Waals surface area contributed by atoms with E-state index in [1.807, 2.05) is 0 Å². The first kappa shape index (κ1) is 16.0. The van der Waals surface area contributed by atoms with Crippen LogP contribution >= 0.6 is 0 Å². The van der Waals surface area contributed by atoms with Gasteiger partial charge in [0.25, 0.3) is 0 Å². The fourth-order valence-corrected chi connectivity index (χ4v) is 3.84. The summed E-state index contributed by atoms with van der Waals surface area (Å²) < 4.78 is 0. The molecule has 2 aromatic carbocycles. The smallest absolute Gasteiger partial charge is 0.0171 e. The zero-order valence-electron chi connectivity index (χ0n) is 14.3. The Kier molecular flexibility index (Phi) is 4.17. The summed E-state index contributed by atoms with van der Waals surface area (Å²) in [6, 6.07) is 13.2. The molecule has 0 aromatic heterocycles. The quantitative estimate of drug-likeness (QED) is 0.798. The Morgan fingerprint density at radius 1 is 1.00 bits per heavy atom. The summed E-state index contributed by atoms with van der Waals surface area (Å²) in [5.41, 5.74) is 9.25. The third-order valence-corrected chi connectivity index (χ3v) is 4.89. The van der Waals surface area contributed by atoms with E-state index in [1.54, 1.807) is 0 Å². The minimum Gasteiger partial charge on any atom is -0.325 e. The summed E-state index contributed by atoms with van der Waals surface area (Å²) in [6.45, 7) is 13.5. The van der Waals surface area contributed by atoms with Crippen molar-refractivity contribution >= 4 is 10.8 Å². The lowest BCUT2D eigenvalue weighted by Crippen LogP contribution is -2.46. The lowest BCUT2D eigenvalue weighted by Gasteiger charge is -2.43. The molecule has 1 atom stereocenters. The molecule has 0 amide bonds. The third kappa shape index (κ3) is 2.98. The van der Waals surface area contributed by atoms with Crippen LogP contribution in [0.4, 0.5) is 0 Å². The summed E-state index contributed by atoms with van der Waals surface area (Å²) in [4.78, 5) is 0. The first-order valence-corrected chi connectivity index (χ1v) is 7.95. The molecule has 1 nitrogen and oxygen atoms in total. The van der Waals surface area contributed by atoms with Gasteiger partial charge in [-0.1, -0.05) is 63.6 Å². The Morgan fingerprint density at radius 3 is 2.10 bits per heavy atom. The van der Waals surface area contributed by atoms with Gasteiger partial charge >= 0.3 is 0 Å². The van der Waals surface area contributed by atoms with Gasteiger partial charge in [0, 0.05) is 11.5 Å². The molecule has 0 fully saturated rings. The highest BCUT2D eigenvalue weighted by Gasteiger charge is 2.39. The molecule has 0 radical (unpaired) electrons. The van der Waals surface area contributed by atoms with Crippen molar-refractivity contribution < 1.29 is 0 Å². The summed E-state index contributed by atoms with van der Waals surface area (Å²) in [7, 11) is 0. The lowest BCUT2D eigenvalue weighted by atomic mass is 9.64. The molecule has 2 aromatic rings. The Labute approximate surface area is 129 Å². The SMILES string of the molecule is CCC(C)(C)C(c1cccc2cccc(C)c12)C(C)(C)N. The van der Waals surface area contributed by atoms with E-state index in [0.717, 1.165) is 6.42 Å². The molecule has 0 aliphatic rings. The Bertz CT molecular complexity index is 627. The number of hydrogen-bond donors (Lipinski definition) is 1. The molecule has 0 bridgehead atoms. The number of aryl methyl sites for hydroxylation is 1. The molecule has 1 heteroatoms. The van der Waals surface area contributed by atoms with Gasteiger partial charge < -0.3 is 5.73 Å². The standard InChI is InChI=1S/C20H29N/c1-7-19(3,4)18(20(5,6)21)16-13-9-12-15-11-8-10-14(2)17(15)16/h8-13,18H,7,21H2,1-6H3. The van der Waals surface area contributed by atoms with Crippen LogP contribution < -0.4 is 5.73 Å². The third-order valence-electron chi connectivity index (χ3n) is 4.89. The number of fused-ring (bicyclic) bond motifs is 1. The molecule has 1 unspecified atom stereocenters. The maximum Gasteiger partial charge on any atom is 0.0171 e. The van der Waals surface area contributed by atoms with E-state index in [0.29, 0.717) is 5.92 Å². The van der Waals surface area contributed by atoms with Crippen molar-refractivity contribution in [2.75, 3.05) is 0 Å². The van der Waals surface area contributed by atoms with Gasteiger partial charge in [-0.05, 0) is 48.1 Å². The first-order chi connectivity index (χ1) is 9.68. The maximum absolute atomic E-state index is 6.61. The van der Waals surface area contributed by atoms with Gasteiger partial charge in [-0.25, -0.2) is 0 Å². The van der Waals surface area contributed by atoms with Crippen molar-refractivity contribution in [2.45, 2.75) is 59.4 Å². The van der Waals surface area contributed by atoms with Crippen molar-refractivity contribution in [1.82, 2.24) is 0 Å². The second kappa shape index (κ2) is 5.46. The van der Waals surface area contributed by atoms with Crippen LogP contribution in [0.25, 0.3) is 10.8 Å². The van der Waals surface area contributed by atoms with Crippen LogP contribution in [0, 0.1) is 12.3 Å². The van der Waals surface area contributed by atoms with Gasteiger partial charge in [-0.15, -0.1) is 0 Å². The van der Waals surface area contributed by atoms with E-state index in [2.05, 4.69) is 77.9 Å². The van der Waals surface area contributed by atoms with E-state index in [9.17, 15) is 0 Å². The van der Waals surface area contributed by atoms with Crippen LogP contribution in [0.1, 0.15) is 58.1 Å². The molecule has 0 saturated heterocycles. The lowest BCUT2D eigenvalue weighted by molar-refractivity contribution is 0.198. The van der Waals surface area contributed by atoms with Gasteiger partial charge in [0.1, 0.15) is 0 Å². The van der Waals surface area contributed by atoms with E-state index in [4.69, 9.17) is 5.73 Å². The number of nitrogens with two attached hydrogens (primary N) is 1. The molecule has 0 saturated carbocycles. The Hall–Kier alpha value is -1.34. The molecule has 0 aliphatic carbocycles. The van der Waals surface area contributed by atoms with Crippen molar-refractivity contribution in [3.05, 3.63) is 47.5 Å². The highest BCUT2D eigenvalue weighted by Crippen LogP contribution is 2.46. The van der Waals surface area contributed by atoms with Gasteiger partial charge in [0.2, 0.25) is 0 Å². The largest absolute Gasteiger partial charge is 0.325 e. The van der Waals surface area contributed by atoms with Crippen LogP contribution in [0.15, 0.2) is 36.4 Å². The van der Waals surface area contributed by atoms with E-state index >= 15 is 0 Å². The molecule has 21 heavy (non-hydrogen) atoms. The second-order valence-corrected chi connectivity index (χ2v) is 7.62. The molecule has 2 rings (SSSR count). The summed E-state index contributed by atoms with van der Waals surface area (Å²) in [6.07, 6.45) is 1.11. The van der Waals surface area contributed by atoms with Crippen LogP contribution in [-0.4, -0.2) is 5.54 Å². The first-order valence-electron chi connectivity index (χ1n) is 7.95. The highest BCUT2D eigenvalue weighted by atomic mass is 14.7. The topological polar surface area (TPSA) is 26.0 Å². The zero-order valence-corrected chi connectivity index (χ0v) is 14.3. The average Bonchev–Trinajstić information content (AvgIpc) is 2.37. The molecule has 2 N–H and O–H groups in total. The van der Waals surface area contributed by atoms with Crippen molar-refractivity contribution in [1.29, 1.82) is 0 Å². The average molecular weight is 283 g/mol. The van der Waals surface area contributed by atoms with Crippen molar-refractivity contribution in [3.8, 4) is 0 Å². The molecular formula is C20H29N. The van der Waals surface area contributed by atoms with E-state index in [1.165, 1.54) is 21.9 Å². The normalized spacial score (nSPS) is 14.4. The monoisotopic (exact) mass is 283 g/mol. The van der Waals surface area contributed by atoms with Crippen molar-refractivity contribution in [2.24, 2.45) is 11.1 Å². The molecule has 0 spiro atoms. The Balaban J connectivity index is 2.78. The summed E-state index contributed by atoms with van der Waals surface area (Å²) >= 11 is 0. The fourth-order valence-electron chi connectivity index (χ4n) is 3.84. The molecule has 114 valence electrons. The van der Waals surface area contributed by atoms with E-state index < -0.39 is 0 Å². The Morgan fingerprint density at radius 2 is 1.57 bits per heavy atom. The van der Waals surface area contributed by atoms with Crippen LogP contribution in [0.5, 0.6) is 0 Å². The molecular weight excluding hydrogens is 254 g/mol. The van der Waals surface area contributed by atoms with Crippen LogP contribution in [-0.2, 0) is 0 Å². The number of benzene rings is 2. The highest BCUT2D eigenvalue weighted by molar-refractivity contribution is 5.89. The van der Waals surface area contributed by atoms with Crippen LogP contribution in [0.2, 0.25) is 0 Å². The minimum atomic E-state index is -0.254. The van der Waals surface area contributed by atoms with E-state index in [-0.39, 0.29) is 11.0 Å². The maximum atomic E-state index is 6.61. The summed E-state index contributed by atoms with van der Waals surface area (Å²) in [5, 5.41) is 2.69. The minimum absolute atomic E-state index is 0.162. The summed E-state index contributed by atoms with van der Waals surface area (Å²) in [5.74, 6) is 0.319. The van der Waals surface area contributed by atoms with Gasteiger partial charge in [0.15, 0.2) is 0 Å². The van der Waals surface area contributed by atoms with Gasteiger partial charge in [-0.3, -0.25) is 0 Å². The number of rotatable bonds is 4. The zero-order chi connectivity index (χ0) is 15.8. The molecule has 0 heterocycles. The molecule has 0 aliphatic heterocycles. The van der Waals surface area contributed by atoms with Gasteiger partial charge in [0.05, 0.1) is 0 Å². The predicted molar refractivity (Wildman–Crippen MR) is 93.8 cm³/mol. The van der Waals surface area contributed by atoms with Gasteiger partial charge in [-0.2, -0.15) is 0 Å². The predicted octanol–water partition coefficient (Wildman–Crippen LogP) is 5.41. The van der Waals surface area contributed by atoms with Crippen molar-refractivity contribution in [3.63, 3.8) is 0 Å². The number of hydrogen-bond acceptors (Lipinski definition) is 1. The second-order valence-electron chi connectivity index (χ2n) is 7.62.